The number of rotatable bonds is 4. The maximum Gasteiger partial charge on any atom is 0.335 e. The zero-order chi connectivity index (χ0) is 22.1. The molecular formula is C21H12FN3O6. The summed E-state index contributed by atoms with van der Waals surface area (Å²) in [6.07, 6.45) is 1.15. The van der Waals surface area contributed by atoms with Gasteiger partial charge < -0.3 is 4.42 Å². The molecule has 9 nitrogen and oxygen atoms in total. The topological polar surface area (TPSA) is 123 Å². The van der Waals surface area contributed by atoms with Crippen molar-refractivity contribution in [1.29, 1.82) is 0 Å². The number of hydrogen-bond donors (Lipinski definition) is 1. The van der Waals surface area contributed by atoms with Crippen LogP contribution >= 0.6 is 0 Å². The minimum Gasteiger partial charge on any atom is -0.457 e. The lowest BCUT2D eigenvalue weighted by Gasteiger charge is -2.26. The molecule has 1 fully saturated rings. The highest BCUT2D eigenvalue weighted by Gasteiger charge is 2.37. The predicted octanol–water partition coefficient (Wildman–Crippen LogP) is 3.66. The van der Waals surface area contributed by atoms with E-state index in [2.05, 4.69) is 5.32 Å². The van der Waals surface area contributed by atoms with Crippen molar-refractivity contribution in [3.63, 3.8) is 0 Å². The molecule has 10 heteroatoms. The molecule has 0 saturated carbocycles. The highest BCUT2D eigenvalue weighted by atomic mass is 19.1. The van der Waals surface area contributed by atoms with Gasteiger partial charge in [-0.1, -0.05) is 12.1 Å². The van der Waals surface area contributed by atoms with Gasteiger partial charge in [0.2, 0.25) is 0 Å². The van der Waals surface area contributed by atoms with Gasteiger partial charge in [-0.25, -0.2) is 14.1 Å². The molecule has 1 saturated heterocycles. The average Bonchev–Trinajstić information content (AvgIpc) is 3.21. The minimum atomic E-state index is -0.963. The molecule has 1 aromatic heterocycles. The number of hydrogen-bond acceptors (Lipinski definition) is 6. The van der Waals surface area contributed by atoms with Crippen molar-refractivity contribution in [2.24, 2.45) is 0 Å². The number of nitro benzene ring substituents is 1. The van der Waals surface area contributed by atoms with Gasteiger partial charge in [0.05, 0.1) is 10.6 Å². The Balaban J connectivity index is 1.66. The summed E-state index contributed by atoms with van der Waals surface area (Å²) in [5.74, 6) is -1.97. The Bertz CT molecular complexity index is 1260. The Morgan fingerprint density at radius 3 is 2.48 bits per heavy atom. The third kappa shape index (κ3) is 3.81. The molecule has 1 N–H and O–H groups in total. The molecule has 31 heavy (non-hydrogen) atoms. The van der Waals surface area contributed by atoms with E-state index in [9.17, 15) is 28.9 Å². The van der Waals surface area contributed by atoms with Crippen molar-refractivity contribution in [2.75, 3.05) is 4.90 Å². The Labute approximate surface area is 173 Å². The van der Waals surface area contributed by atoms with Gasteiger partial charge in [-0.3, -0.25) is 25.0 Å². The summed E-state index contributed by atoms with van der Waals surface area (Å²) in [4.78, 5) is 48.3. The van der Waals surface area contributed by atoms with Crippen LogP contribution in [0.5, 0.6) is 0 Å². The summed E-state index contributed by atoms with van der Waals surface area (Å²) in [5, 5.41) is 13.0. The number of barbiturate groups is 1. The lowest BCUT2D eigenvalue weighted by molar-refractivity contribution is -0.384. The lowest BCUT2D eigenvalue weighted by Crippen LogP contribution is -2.54. The SMILES string of the molecule is O=C1NC(=O)N(c2ccc(F)cc2)C(=O)C1=Cc1ccc(-c2cccc([N+](=O)[O-])c2)o1. The number of halogens is 1. The molecule has 0 bridgehead atoms. The van der Waals surface area contributed by atoms with Crippen LogP contribution in [-0.4, -0.2) is 22.8 Å². The quantitative estimate of drug-likeness (QED) is 0.297. The first-order valence-electron chi connectivity index (χ1n) is 8.85. The Morgan fingerprint density at radius 2 is 1.77 bits per heavy atom. The fourth-order valence-electron chi connectivity index (χ4n) is 2.98. The zero-order valence-electron chi connectivity index (χ0n) is 15.6. The zero-order valence-corrected chi connectivity index (χ0v) is 15.6. The molecule has 0 aliphatic carbocycles. The smallest absolute Gasteiger partial charge is 0.335 e. The standard InChI is InChI=1S/C21H12FN3O6/c22-13-4-6-14(7-5-13)24-20(27)17(19(26)23-21(24)28)11-16-8-9-18(31-16)12-2-1-3-15(10-12)25(29)30/h1-11H,(H,23,26,28). The van der Waals surface area contributed by atoms with E-state index in [1.807, 2.05) is 0 Å². The van der Waals surface area contributed by atoms with Crippen LogP contribution in [0.4, 0.5) is 20.6 Å². The molecule has 0 atom stereocenters. The number of imide groups is 2. The van der Waals surface area contributed by atoms with Crippen molar-refractivity contribution < 1.29 is 28.1 Å². The molecule has 154 valence electrons. The highest BCUT2D eigenvalue weighted by Crippen LogP contribution is 2.28. The van der Waals surface area contributed by atoms with Gasteiger partial charge in [0.1, 0.15) is 22.9 Å². The average molecular weight is 421 g/mol. The van der Waals surface area contributed by atoms with Crippen molar-refractivity contribution in [3.05, 3.63) is 87.9 Å². The molecule has 4 rings (SSSR count). The number of non-ortho nitro benzene ring substituents is 1. The minimum absolute atomic E-state index is 0.0824. The first kappa shape index (κ1) is 19.7. The van der Waals surface area contributed by atoms with Gasteiger partial charge in [0.15, 0.2) is 0 Å². The number of nitrogens with zero attached hydrogens (tertiary/aromatic N) is 2. The summed E-state index contributed by atoms with van der Waals surface area (Å²) < 4.78 is 18.8. The van der Waals surface area contributed by atoms with E-state index in [1.54, 1.807) is 6.07 Å². The van der Waals surface area contributed by atoms with E-state index >= 15 is 0 Å². The van der Waals surface area contributed by atoms with E-state index < -0.39 is 28.6 Å². The van der Waals surface area contributed by atoms with Crippen LogP contribution in [0.25, 0.3) is 17.4 Å². The van der Waals surface area contributed by atoms with Gasteiger partial charge in [0.25, 0.3) is 17.5 Å². The summed E-state index contributed by atoms with van der Waals surface area (Å²) in [6, 6.07) is 12.4. The van der Waals surface area contributed by atoms with Crippen molar-refractivity contribution in [1.82, 2.24) is 5.32 Å². The fraction of sp³-hybridized carbons (Fsp3) is 0. The van der Waals surface area contributed by atoms with E-state index in [0.29, 0.717) is 10.5 Å². The second-order valence-electron chi connectivity index (χ2n) is 6.44. The Hall–Kier alpha value is -4.60. The van der Waals surface area contributed by atoms with Crippen molar-refractivity contribution in [3.8, 4) is 11.3 Å². The number of carbonyl (C=O) groups is 3. The lowest BCUT2D eigenvalue weighted by atomic mass is 10.1. The molecule has 1 aliphatic rings. The molecular weight excluding hydrogens is 409 g/mol. The summed E-state index contributed by atoms with van der Waals surface area (Å²) in [6.45, 7) is 0. The summed E-state index contributed by atoms with van der Waals surface area (Å²) >= 11 is 0. The molecule has 1 aliphatic heterocycles. The van der Waals surface area contributed by atoms with Gasteiger partial charge in [-0.2, -0.15) is 0 Å². The largest absolute Gasteiger partial charge is 0.457 e. The number of nitro groups is 1. The number of benzene rings is 2. The van der Waals surface area contributed by atoms with Crippen LogP contribution < -0.4 is 10.2 Å². The number of urea groups is 1. The third-order valence-corrected chi connectivity index (χ3v) is 4.44. The van der Waals surface area contributed by atoms with E-state index in [-0.39, 0.29) is 28.5 Å². The molecule has 0 radical (unpaired) electrons. The van der Waals surface area contributed by atoms with Crippen LogP contribution in [-0.2, 0) is 9.59 Å². The number of anilines is 1. The second-order valence-corrected chi connectivity index (χ2v) is 6.44. The van der Waals surface area contributed by atoms with Gasteiger partial charge in [-0.05, 0) is 42.5 Å². The first-order chi connectivity index (χ1) is 14.8. The highest BCUT2D eigenvalue weighted by molar-refractivity contribution is 6.39. The van der Waals surface area contributed by atoms with Crippen LogP contribution in [0.1, 0.15) is 5.76 Å². The van der Waals surface area contributed by atoms with Crippen LogP contribution in [0.15, 0.2) is 70.7 Å². The number of carbonyl (C=O) groups excluding carboxylic acids is 3. The molecule has 0 unspecified atom stereocenters. The molecule has 2 heterocycles. The fourth-order valence-corrected chi connectivity index (χ4v) is 2.98. The van der Waals surface area contributed by atoms with Gasteiger partial charge in [-0.15, -0.1) is 0 Å². The number of furan rings is 1. The third-order valence-electron chi connectivity index (χ3n) is 4.44. The Kier molecular flexibility index (Phi) is 4.88. The summed E-state index contributed by atoms with van der Waals surface area (Å²) in [5.41, 5.74) is 0.0216. The molecule has 0 spiro atoms. The number of nitrogens with one attached hydrogen (secondary N) is 1. The molecule has 2 aromatic carbocycles. The van der Waals surface area contributed by atoms with E-state index in [0.717, 1.165) is 18.2 Å². The van der Waals surface area contributed by atoms with Gasteiger partial charge >= 0.3 is 6.03 Å². The van der Waals surface area contributed by atoms with E-state index in [4.69, 9.17) is 4.42 Å². The summed E-state index contributed by atoms with van der Waals surface area (Å²) in [7, 11) is 0. The van der Waals surface area contributed by atoms with E-state index in [1.165, 1.54) is 42.5 Å². The maximum atomic E-state index is 13.2. The van der Waals surface area contributed by atoms with Crippen molar-refractivity contribution in [2.45, 2.75) is 0 Å². The van der Waals surface area contributed by atoms with Crippen LogP contribution in [0.3, 0.4) is 0 Å². The molecule has 4 amide bonds. The predicted molar refractivity (Wildman–Crippen MR) is 106 cm³/mol. The van der Waals surface area contributed by atoms with Crippen LogP contribution in [0.2, 0.25) is 0 Å². The Morgan fingerprint density at radius 1 is 1.03 bits per heavy atom. The second kappa shape index (κ2) is 7.67. The van der Waals surface area contributed by atoms with Gasteiger partial charge in [0, 0.05) is 17.7 Å². The first-order valence-corrected chi connectivity index (χ1v) is 8.85. The van der Waals surface area contributed by atoms with Crippen molar-refractivity contribution >= 4 is 35.3 Å². The molecule has 3 aromatic rings. The maximum absolute atomic E-state index is 13.2. The normalized spacial score (nSPS) is 15.3. The van der Waals surface area contributed by atoms with Crippen LogP contribution in [0, 0.1) is 15.9 Å². The monoisotopic (exact) mass is 421 g/mol. The number of amides is 4.